The zero-order valence-electron chi connectivity index (χ0n) is 19.7. The molecule has 2 aromatic carbocycles. The van der Waals surface area contributed by atoms with E-state index < -0.39 is 5.91 Å². The van der Waals surface area contributed by atoms with E-state index in [2.05, 4.69) is 34.7 Å². The molecule has 1 aromatic heterocycles. The Morgan fingerprint density at radius 3 is 2.41 bits per heavy atom. The van der Waals surface area contributed by atoms with Gasteiger partial charge in [-0.25, -0.2) is 10.4 Å². The lowest BCUT2D eigenvalue weighted by molar-refractivity contribution is 0.0928. The van der Waals surface area contributed by atoms with Crippen LogP contribution >= 0.6 is 11.6 Å². The molecule has 9 heteroatoms. The van der Waals surface area contributed by atoms with Crippen molar-refractivity contribution in [3.63, 3.8) is 0 Å². The normalized spacial score (nSPS) is 10.8. The van der Waals surface area contributed by atoms with Crippen LogP contribution in [0.15, 0.2) is 48.8 Å². The molecule has 0 unspecified atom stereocenters. The summed E-state index contributed by atoms with van der Waals surface area (Å²) in [6.07, 6.45) is 3.62. The smallest absolute Gasteiger partial charge is 0.285 e. The molecule has 0 spiro atoms. The third-order valence-corrected chi connectivity index (χ3v) is 5.13. The van der Waals surface area contributed by atoms with Gasteiger partial charge in [0, 0.05) is 18.2 Å². The predicted molar refractivity (Wildman–Crippen MR) is 132 cm³/mol. The van der Waals surface area contributed by atoms with Gasteiger partial charge >= 0.3 is 0 Å². The molecule has 2 N–H and O–H groups in total. The molecule has 3 aromatic rings. The molecule has 0 aliphatic rings. The first-order chi connectivity index (χ1) is 16.4. The monoisotopic (exact) mass is 484 g/mol. The van der Waals surface area contributed by atoms with Crippen LogP contribution < -0.4 is 25.1 Å². The summed E-state index contributed by atoms with van der Waals surface area (Å²) in [4.78, 5) is 21.1. The molecule has 0 saturated heterocycles. The Morgan fingerprint density at radius 1 is 1.03 bits per heavy atom. The first-order valence-corrected chi connectivity index (χ1v) is 11.3. The van der Waals surface area contributed by atoms with Gasteiger partial charge in [0.2, 0.25) is 0 Å². The van der Waals surface area contributed by atoms with Crippen LogP contribution in [0.4, 0.5) is 0 Å². The first kappa shape index (κ1) is 25.3. The van der Waals surface area contributed by atoms with Gasteiger partial charge in [0.05, 0.1) is 43.9 Å². The van der Waals surface area contributed by atoms with Crippen LogP contribution in [0.5, 0.6) is 17.2 Å². The third kappa shape index (κ3) is 7.07. The van der Waals surface area contributed by atoms with E-state index >= 15 is 0 Å². The highest BCUT2D eigenvalue weighted by atomic mass is 35.5. The standard InChI is InChI=1S/C25H29ClN4O4/c1-16(2)15-34-18-5-6-21(22(26)12-18)23-13-27-14-24(29-23)25(31)30-28-8-7-17-9-19(32-3)11-20(10-17)33-4/h5-6,9-14,16,28H,7-8,15H2,1-4H3,(H,30,31). The molecule has 0 atom stereocenters. The molecule has 0 saturated carbocycles. The maximum Gasteiger partial charge on any atom is 0.285 e. The number of benzene rings is 2. The third-order valence-electron chi connectivity index (χ3n) is 4.82. The zero-order chi connectivity index (χ0) is 24.5. The highest BCUT2D eigenvalue weighted by molar-refractivity contribution is 6.33. The van der Waals surface area contributed by atoms with Gasteiger partial charge in [-0.2, -0.15) is 0 Å². The van der Waals surface area contributed by atoms with Gasteiger partial charge in [0.15, 0.2) is 0 Å². The minimum atomic E-state index is -0.398. The molecule has 180 valence electrons. The number of rotatable bonds is 11. The van der Waals surface area contributed by atoms with E-state index in [1.54, 1.807) is 26.5 Å². The van der Waals surface area contributed by atoms with Crippen LogP contribution in [0.25, 0.3) is 11.3 Å². The minimum absolute atomic E-state index is 0.171. The lowest BCUT2D eigenvalue weighted by atomic mass is 10.1. The summed E-state index contributed by atoms with van der Waals surface area (Å²) < 4.78 is 16.3. The van der Waals surface area contributed by atoms with Gasteiger partial charge in [-0.05, 0) is 48.2 Å². The molecule has 1 amide bonds. The summed E-state index contributed by atoms with van der Waals surface area (Å²) in [7, 11) is 3.21. The number of hydrazine groups is 1. The number of carbonyl (C=O) groups is 1. The number of nitrogens with zero attached hydrogens (tertiary/aromatic N) is 2. The van der Waals surface area contributed by atoms with E-state index in [9.17, 15) is 4.79 Å². The molecule has 8 nitrogen and oxygen atoms in total. The molecular formula is C25H29ClN4O4. The van der Waals surface area contributed by atoms with Crippen molar-refractivity contribution in [1.29, 1.82) is 0 Å². The Bertz CT molecular complexity index is 1100. The van der Waals surface area contributed by atoms with Crippen LogP contribution in [0.3, 0.4) is 0 Å². The van der Waals surface area contributed by atoms with Crippen molar-refractivity contribution in [2.75, 3.05) is 27.4 Å². The van der Waals surface area contributed by atoms with Gasteiger partial charge in [0.1, 0.15) is 22.9 Å². The van der Waals surface area contributed by atoms with Crippen LogP contribution in [0.1, 0.15) is 29.9 Å². The molecule has 0 fully saturated rings. The number of ether oxygens (including phenoxy) is 3. The molecular weight excluding hydrogens is 456 g/mol. The molecule has 34 heavy (non-hydrogen) atoms. The highest BCUT2D eigenvalue weighted by Crippen LogP contribution is 2.30. The predicted octanol–water partition coefficient (Wildman–Crippen LogP) is 4.33. The van der Waals surface area contributed by atoms with Crippen molar-refractivity contribution in [3.05, 3.63) is 65.1 Å². The van der Waals surface area contributed by atoms with Crippen molar-refractivity contribution in [2.24, 2.45) is 5.92 Å². The Balaban J connectivity index is 1.59. The number of nitrogens with one attached hydrogen (secondary N) is 2. The molecule has 3 rings (SSSR count). The summed E-state index contributed by atoms with van der Waals surface area (Å²) in [5, 5.41) is 0.472. The lowest BCUT2D eigenvalue weighted by Crippen LogP contribution is -2.39. The van der Waals surface area contributed by atoms with Crippen LogP contribution in [-0.2, 0) is 6.42 Å². The van der Waals surface area contributed by atoms with Crippen LogP contribution in [0.2, 0.25) is 5.02 Å². The summed E-state index contributed by atoms with van der Waals surface area (Å²) in [6, 6.07) is 11.0. The summed E-state index contributed by atoms with van der Waals surface area (Å²) in [5.74, 6) is 2.12. The first-order valence-electron chi connectivity index (χ1n) is 10.9. The Kier molecular flexibility index (Phi) is 9.07. The number of hydrogen-bond donors (Lipinski definition) is 2. The molecule has 1 heterocycles. The van der Waals surface area contributed by atoms with Crippen molar-refractivity contribution in [3.8, 4) is 28.5 Å². The van der Waals surface area contributed by atoms with E-state index in [-0.39, 0.29) is 5.69 Å². The van der Waals surface area contributed by atoms with Crippen molar-refractivity contribution in [1.82, 2.24) is 20.8 Å². The number of hydrogen-bond acceptors (Lipinski definition) is 7. The number of methoxy groups -OCH3 is 2. The second-order valence-electron chi connectivity index (χ2n) is 7.99. The van der Waals surface area contributed by atoms with E-state index in [4.69, 9.17) is 25.8 Å². The van der Waals surface area contributed by atoms with Crippen molar-refractivity contribution in [2.45, 2.75) is 20.3 Å². The Hall–Kier alpha value is -3.36. The molecule has 0 aliphatic heterocycles. The largest absolute Gasteiger partial charge is 0.497 e. The fraction of sp³-hybridized carbons (Fsp3) is 0.320. The number of carbonyl (C=O) groups excluding carboxylic acids is 1. The SMILES string of the molecule is COc1cc(CCNNC(=O)c2cncc(-c3ccc(OCC(C)C)cc3Cl)n2)cc(OC)c1. The van der Waals surface area contributed by atoms with Crippen LogP contribution in [0, 0.1) is 5.92 Å². The topological polar surface area (TPSA) is 94.6 Å². The number of aromatic nitrogens is 2. The average Bonchev–Trinajstić information content (AvgIpc) is 2.85. The van der Waals surface area contributed by atoms with E-state index in [0.717, 1.165) is 5.56 Å². The second kappa shape index (κ2) is 12.2. The average molecular weight is 485 g/mol. The quantitative estimate of drug-likeness (QED) is 0.309. The molecule has 0 aliphatic carbocycles. The fourth-order valence-corrected chi connectivity index (χ4v) is 3.35. The Labute approximate surface area is 204 Å². The minimum Gasteiger partial charge on any atom is -0.497 e. The summed E-state index contributed by atoms with van der Waals surface area (Å²) in [6.45, 7) is 5.25. The highest BCUT2D eigenvalue weighted by Gasteiger charge is 2.12. The van der Waals surface area contributed by atoms with Crippen molar-refractivity contribution >= 4 is 17.5 Å². The van der Waals surface area contributed by atoms with Gasteiger partial charge < -0.3 is 14.2 Å². The summed E-state index contributed by atoms with van der Waals surface area (Å²) >= 11 is 6.44. The number of amides is 1. The van der Waals surface area contributed by atoms with Crippen molar-refractivity contribution < 1.29 is 19.0 Å². The second-order valence-corrected chi connectivity index (χ2v) is 8.40. The molecule has 0 radical (unpaired) electrons. The van der Waals surface area contributed by atoms with Gasteiger partial charge in [0.25, 0.3) is 5.91 Å². The van der Waals surface area contributed by atoms with Gasteiger partial charge in [-0.1, -0.05) is 25.4 Å². The maximum atomic E-state index is 12.6. The number of halogens is 1. The van der Waals surface area contributed by atoms with E-state index in [0.29, 0.717) is 59.0 Å². The fourth-order valence-electron chi connectivity index (χ4n) is 3.09. The van der Waals surface area contributed by atoms with Crippen LogP contribution in [-0.4, -0.2) is 43.2 Å². The van der Waals surface area contributed by atoms with E-state index in [1.165, 1.54) is 6.20 Å². The summed E-state index contributed by atoms with van der Waals surface area (Å²) in [5.41, 5.74) is 7.91. The maximum absolute atomic E-state index is 12.6. The van der Waals surface area contributed by atoms with Gasteiger partial charge in [-0.3, -0.25) is 15.2 Å². The van der Waals surface area contributed by atoms with E-state index in [1.807, 2.05) is 30.3 Å². The molecule has 0 bridgehead atoms. The zero-order valence-corrected chi connectivity index (χ0v) is 20.5. The lowest BCUT2D eigenvalue weighted by Gasteiger charge is -2.11. The van der Waals surface area contributed by atoms with Gasteiger partial charge in [-0.15, -0.1) is 0 Å². The Morgan fingerprint density at radius 2 is 1.76 bits per heavy atom.